The van der Waals surface area contributed by atoms with Gasteiger partial charge in [-0.15, -0.1) is 0 Å². The normalized spacial score (nSPS) is 19.6. The zero-order valence-corrected chi connectivity index (χ0v) is 19.8. The number of amides is 2. The number of piperidine rings is 1. The predicted octanol–water partition coefficient (Wildman–Crippen LogP) is 3.20. The Hall–Kier alpha value is -2.71. The summed E-state index contributed by atoms with van der Waals surface area (Å²) in [6.07, 6.45) is 3.70. The molecule has 0 radical (unpaired) electrons. The van der Waals surface area contributed by atoms with Gasteiger partial charge in [-0.1, -0.05) is 42.8 Å². The van der Waals surface area contributed by atoms with E-state index in [1.54, 1.807) is 23.1 Å². The fourth-order valence-electron chi connectivity index (χ4n) is 4.46. The van der Waals surface area contributed by atoms with Crippen LogP contribution < -0.4 is 5.32 Å². The molecule has 33 heavy (non-hydrogen) atoms. The van der Waals surface area contributed by atoms with Crippen LogP contribution in [0.3, 0.4) is 0 Å². The summed E-state index contributed by atoms with van der Waals surface area (Å²) in [5.41, 5.74) is 2.42. The summed E-state index contributed by atoms with van der Waals surface area (Å²) >= 11 is 0. The van der Waals surface area contributed by atoms with Crippen LogP contribution in [0.15, 0.2) is 53.4 Å². The highest BCUT2D eigenvalue weighted by Gasteiger charge is 2.34. The average Bonchev–Trinajstić information content (AvgIpc) is 3.21. The molecule has 2 amide bonds. The van der Waals surface area contributed by atoms with Gasteiger partial charge < -0.3 is 10.2 Å². The summed E-state index contributed by atoms with van der Waals surface area (Å²) in [6.45, 7) is 3.85. The fraction of sp³-hybridized carbons (Fsp3) is 0.440. The molecule has 2 aromatic carbocycles. The first-order chi connectivity index (χ1) is 15.8. The summed E-state index contributed by atoms with van der Waals surface area (Å²) in [5.74, 6) is -0.722. The van der Waals surface area contributed by atoms with Crippen LogP contribution in [0, 0.1) is 12.8 Å². The number of hydrogen-bond donors (Lipinski definition) is 1. The van der Waals surface area contributed by atoms with E-state index in [9.17, 15) is 18.0 Å². The Morgan fingerprint density at radius 1 is 1.06 bits per heavy atom. The highest BCUT2D eigenvalue weighted by molar-refractivity contribution is 7.89. The molecule has 1 atom stereocenters. The third-order valence-electron chi connectivity index (χ3n) is 6.52. The van der Waals surface area contributed by atoms with E-state index in [4.69, 9.17) is 0 Å². The molecule has 2 aliphatic heterocycles. The van der Waals surface area contributed by atoms with Crippen LogP contribution in [0.2, 0.25) is 0 Å². The zero-order chi connectivity index (χ0) is 23.4. The number of nitrogens with zero attached hydrogens (tertiary/aromatic N) is 2. The van der Waals surface area contributed by atoms with E-state index in [1.165, 1.54) is 4.31 Å². The van der Waals surface area contributed by atoms with Crippen molar-refractivity contribution < 1.29 is 18.0 Å². The van der Waals surface area contributed by atoms with Gasteiger partial charge in [0.05, 0.1) is 10.8 Å². The molecule has 7 nitrogen and oxygen atoms in total. The molecule has 2 aliphatic rings. The first-order valence-electron chi connectivity index (χ1n) is 11.6. The molecule has 0 spiro atoms. The Kier molecular flexibility index (Phi) is 7.14. The molecule has 8 heteroatoms. The van der Waals surface area contributed by atoms with Crippen molar-refractivity contribution in [2.45, 2.75) is 43.9 Å². The minimum atomic E-state index is -3.59. The summed E-state index contributed by atoms with van der Waals surface area (Å²) in [5, 5.41) is 2.88. The van der Waals surface area contributed by atoms with Gasteiger partial charge in [0.1, 0.15) is 0 Å². The minimum Gasteiger partial charge on any atom is -0.342 e. The average molecular weight is 470 g/mol. The highest BCUT2D eigenvalue weighted by Crippen LogP contribution is 2.27. The van der Waals surface area contributed by atoms with Crippen molar-refractivity contribution in [3.63, 3.8) is 0 Å². The Morgan fingerprint density at radius 3 is 2.52 bits per heavy atom. The van der Waals surface area contributed by atoms with Gasteiger partial charge in [-0.05, 0) is 49.4 Å². The number of carbonyl (C=O) groups excluding carboxylic acids is 2. The van der Waals surface area contributed by atoms with E-state index in [0.717, 1.165) is 36.8 Å². The molecule has 0 aliphatic carbocycles. The van der Waals surface area contributed by atoms with Crippen molar-refractivity contribution >= 4 is 27.5 Å². The summed E-state index contributed by atoms with van der Waals surface area (Å²) < 4.78 is 27.6. The molecule has 0 unspecified atom stereocenters. The van der Waals surface area contributed by atoms with E-state index in [-0.39, 0.29) is 23.1 Å². The molecule has 0 bridgehead atoms. The van der Waals surface area contributed by atoms with E-state index in [2.05, 4.69) is 5.32 Å². The monoisotopic (exact) mass is 469 g/mol. The zero-order valence-electron chi connectivity index (χ0n) is 19.0. The van der Waals surface area contributed by atoms with Crippen LogP contribution in [0.25, 0.3) is 0 Å². The second kappa shape index (κ2) is 10.1. The Morgan fingerprint density at radius 2 is 1.79 bits per heavy atom. The quantitative estimate of drug-likeness (QED) is 0.675. The van der Waals surface area contributed by atoms with Crippen molar-refractivity contribution in [3.8, 4) is 0 Å². The second-order valence-corrected chi connectivity index (χ2v) is 10.8. The van der Waals surface area contributed by atoms with Gasteiger partial charge in [0.15, 0.2) is 0 Å². The van der Waals surface area contributed by atoms with Gasteiger partial charge in [0, 0.05) is 38.3 Å². The lowest BCUT2D eigenvalue weighted by Crippen LogP contribution is -2.35. The van der Waals surface area contributed by atoms with Gasteiger partial charge >= 0.3 is 0 Å². The van der Waals surface area contributed by atoms with Crippen molar-refractivity contribution in [1.82, 2.24) is 9.21 Å². The molecule has 0 aromatic heterocycles. The van der Waals surface area contributed by atoms with E-state index >= 15 is 0 Å². The predicted molar refractivity (Wildman–Crippen MR) is 127 cm³/mol. The number of carbonyl (C=O) groups is 2. The first kappa shape index (κ1) is 23.4. The number of benzene rings is 2. The maximum atomic E-state index is 13.0. The second-order valence-electron chi connectivity index (χ2n) is 8.91. The molecule has 2 heterocycles. The molecule has 2 aromatic rings. The number of rotatable bonds is 7. The Bertz CT molecular complexity index is 1110. The van der Waals surface area contributed by atoms with Crippen LogP contribution in [-0.2, 0) is 26.0 Å². The molecular weight excluding hydrogens is 438 g/mol. The number of hydrogen-bond acceptors (Lipinski definition) is 4. The molecule has 4 rings (SSSR count). The lowest BCUT2D eigenvalue weighted by atomic mass is 10.1. The van der Waals surface area contributed by atoms with Crippen LogP contribution in [0.4, 0.5) is 5.69 Å². The van der Waals surface area contributed by atoms with Crippen LogP contribution in [-0.4, -0.2) is 55.6 Å². The molecule has 0 saturated carbocycles. The third kappa shape index (κ3) is 5.45. The van der Waals surface area contributed by atoms with Crippen molar-refractivity contribution in [3.05, 3.63) is 59.7 Å². The lowest BCUT2D eigenvalue weighted by molar-refractivity contribution is -0.128. The maximum absolute atomic E-state index is 13.0. The number of aryl methyl sites for hydroxylation is 1. The topological polar surface area (TPSA) is 86.8 Å². The molecule has 2 saturated heterocycles. The third-order valence-corrected chi connectivity index (χ3v) is 8.41. The van der Waals surface area contributed by atoms with E-state index < -0.39 is 15.9 Å². The van der Waals surface area contributed by atoms with Gasteiger partial charge in [0.25, 0.3) is 0 Å². The number of sulfonamides is 1. The van der Waals surface area contributed by atoms with Gasteiger partial charge in [-0.25, -0.2) is 8.42 Å². The maximum Gasteiger partial charge on any atom is 0.243 e. The Balaban J connectivity index is 1.41. The number of likely N-dealkylation sites (tertiary alicyclic amines) is 1. The molecule has 176 valence electrons. The highest BCUT2D eigenvalue weighted by atomic mass is 32.2. The summed E-state index contributed by atoms with van der Waals surface area (Å²) in [6, 6.07) is 14.8. The Labute approximate surface area is 195 Å². The van der Waals surface area contributed by atoms with Crippen LogP contribution >= 0.6 is 0 Å². The van der Waals surface area contributed by atoms with Crippen molar-refractivity contribution in [2.24, 2.45) is 5.92 Å². The molecule has 1 N–H and O–H groups in total. The fourth-order valence-corrected chi connectivity index (χ4v) is 6.00. The van der Waals surface area contributed by atoms with Crippen LogP contribution in [0.5, 0.6) is 0 Å². The smallest absolute Gasteiger partial charge is 0.243 e. The number of anilines is 1. The van der Waals surface area contributed by atoms with E-state index in [1.807, 2.05) is 37.3 Å². The minimum absolute atomic E-state index is 0.0239. The SMILES string of the molecule is Cc1ccc(S(=O)(=O)N2CCCCC2)cc1NC(=O)[C@@H]1CC(=O)N(CCc2ccccc2)C1. The molecule has 2 fully saturated rings. The van der Waals surface area contributed by atoms with Gasteiger partial charge in [0.2, 0.25) is 21.8 Å². The lowest BCUT2D eigenvalue weighted by Gasteiger charge is -2.26. The summed E-state index contributed by atoms with van der Waals surface area (Å²) in [4.78, 5) is 27.3. The summed E-state index contributed by atoms with van der Waals surface area (Å²) in [7, 11) is -3.59. The van der Waals surface area contributed by atoms with Gasteiger partial charge in [-0.2, -0.15) is 4.31 Å². The van der Waals surface area contributed by atoms with Crippen LogP contribution in [0.1, 0.15) is 36.8 Å². The van der Waals surface area contributed by atoms with Crippen molar-refractivity contribution in [1.29, 1.82) is 0 Å². The van der Waals surface area contributed by atoms with Gasteiger partial charge in [-0.3, -0.25) is 9.59 Å². The standard InChI is InChI=1S/C25H31N3O4S/c1-19-10-11-22(33(31,32)28-13-6-3-7-14-28)17-23(19)26-25(30)21-16-24(29)27(18-21)15-12-20-8-4-2-5-9-20/h2,4-5,8-11,17,21H,3,6-7,12-16,18H2,1H3,(H,26,30)/t21-/m1/s1. The number of nitrogens with one attached hydrogen (secondary N) is 1. The first-order valence-corrected chi connectivity index (χ1v) is 13.0. The van der Waals surface area contributed by atoms with Crippen molar-refractivity contribution in [2.75, 3.05) is 31.5 Å². The molecular formula is C25H31N3O4S. The largest absolute Gasteiger partial charge is 0.342 e. The van der Waals surface area contributed by atoms with E-state index in [0.29, 0.717) is 31.9 Å².